The average Bonchev–Trinajstić information content (AvgIpc) is 2.14. The maximum absolute atomic E-state index is 12.1. The molecule has 88 valence electrons. The minimum atomic E-state index is -4.23. The molecule has 1 heterocycles. The van der Waals surface area contributed by atoms with Gasteiger partial charge in [0.25, 0.3) is 0 Å². The number of amides is 1. The van der Waals surface area contributed by atoms with Crippen molar-refractivity contribution in [3.05, 3.63) is 0 Å². The summed E-state index contributed by atoms with van der Waals surface area (Å²) in [6, 6.07) is 0. The van der Waals surface area contributed by atoms with Crippen LogP contribution >= 0.6 is 0 Å². The normalized spacial score (nSPS) is 23.9. The second kappa shape index (κ2) is 4.80. The van der Waals surface area contributed by atoms with Crippen molar-refractivity contribution in [2.75, 3.05) is 33.3 Å². The maximum atomic E-state index is 12.1. The molecule has 1 aliphatic heterocycles. The lowest BCUT2D eigenvalue weighted by Crippen LogP contribution is -2.51. The van der Waals surface area contributed by atoms with E-state index in [2.05, 4.69) is 5.32 Å². The third kappa shape index (κ3) is 4.05. The fraction of sp³-hybridized carbons (Fsp3) is 0.875. The average molecular weight is 226 g/mol. The highest BCUT2D eigenvalue weighted by molar-refractivity contribution is 5.80. The Balaban J connectivity index is 2.46. The predicted octanol–water partition coefficient (Wildman–Crippen LogP) is -0.00450. The second-order valence-corrected chi connectivity index (χ2v) is 3.32. The summed E-state index contributed by atoms with van der Waals surface area (Å²) in [6.45, 7) is -0.662. The van der Waals surface area contributed by atoms with Gasteiger partial charge in [-0.1, -0.05) is 0 Å². The van der Waals surface area contributed by atoms with Gasteiger partial charge in [-0.15, -0.1) is 0 Å². The van der Waals surface area contributed by atoms with E-state index < -0.39 is 18.8 Å². The number of carbonyl (C=O) groups excluding carboxylic acids is 1. The Morgan fingerprint density at radius 1 is 1.60 bits per heavy atom. The Bertz CT molecular complexity index is 232. The Hall–Kier alpha value is -0.820. The van der Waals surface area contributed by atoms with Crippen LogP contribution in [0.25, 0.3) is 0 Å². The van der Waals surface area contributed by atoms with Crippen LogP contribution in [0.1, 0.15) is 0 Å². The van der Waals surface area contributed by atoms with Crippen molar-refractivity contribution in [1.29, 1.82) is 0 Å². The summed E-state index contributed by atoms with van der Waals surface area (Å²) in [5.74, 6) is -0.387. The lowest BCUT2D eigenvalue weighted by Gasteiger charge is -2.32. The van der Waals surface area contributed by atoms with E-state index in [0.717, 1.165) is 0 Å². The van der Waals surface area contributed by atoms with Gasteiger partial charge in [0.1, 0.15) is 6.10 Å². The van der Waals surface area contributed by atoms with Crippen LogP contribution in [0.5, 0.6) is 0 Å². The Morgan fingerprint density at radius 3 is 2.80 bits per heavy atom. The van der Waals surface area contributed by atoms with Gasteiger partial charge in [0, 0.05) is 20.1 Å². The van der Waals surface area contributed by atoms with Gasteiger partial charge in [0.15, 0.2) is 0 Å². The second-order valence-electron chi connectivity index (χ2n) is 3.32. The number of halogens is 3. The van der Waals surface area contributed by atoms with E-state index in [1.54, 1.807) is 0 Å². The van der Waals surface area contributed by atoms with Crippen molar-refractivity contribution in [3.63, 3.8) is 0 Å². The van der Waals surface area contributed by atoms with E-state index >= 15 is 0 Å². The lowest BCUT2D eigenvalue weighted by molar-refractivity contribution is -0.164. The number of hydrogen-bond acceptors (Lipinski definition) is 3. The van der Waals surface area contributed by atoms with Gasteiger partial charge in [-0.25, -0.2) is 0 Å². The van der Waals surface area contributed by atoms with Crippen molar-refractivity contribution < 1.29 is 22.7 Å². The van der Waals surface area contributed by atoms with Gasteiger partial charge in [0.2, 0.25) is 5.91 Å². The highest BCUT2D eigenvalue weighted by Crippen LogP contribution is 2.18. The first-order chi connectivity index (χ1) is 6.92. The molecule has 0 saturated carbocycles. The number of nitrogens with one attached hydrogen (secondary N) is 1. The molecular formula is C8H13F3N2O2. The Kier molecular flexibility index (Phi) is 3.92. The van der Waals surface area contributed by atoms with Crippen LogP contribution in [0.4, 0.5) is 13.2 Å². The highest BCUT2D eigenvalue weighted by atomic mass is 19.4. The molecule has 1 N–H and O–H groups in total. The van der Waals surface area contributed by atoms with Crippen molar-refractivity contribution in [2.45, 2.75) is 12.3 Å². The van der Waals surface area contributed by atoms with E-state index in [9.17, 15) is 18.0 Å². The molecule has 1 atom stereocenters. The van der Waals surface area contributed by atoms with E-state index in [4.69, 9.17) is 4.74 Å². The molecule has 1 saturated heterocycles. The zero-order valence-corrected chi connectivity index (χ0v) is 8.30. The lowest BCUT2D eigenvalue weighted by atomic mass is 10.2. The first-order valence-electron chi connectivity index (χ1n) is 4.54. The molecule has 0 radical (unpaired) electrons. The molecular weight excluding hydrogens is 213 g/mol. The predicted molar refractivity (Wildman–Crippen MR) is 46.3 cm³/mol. The fourth-order valence-corrected chi connectivity index (χ4v) is 1.42. The first kappa shape index (κ1) is 12.3. The van der Waals surface area contributed by atoms with Crippen molar-refractivity contribution in [1.82, 2.24) is 10.2 Å². The van der Waals surface area contributed by atoms with Crippen LogP contribution < -0.4 is 5.32 Å². The minimum Gasteiger partial charge on any atom is -0.366 e. The topological polar surface area (TPSA) is 41.6 Å². The van der Waals surface area contributed by atoms with Gasteiger partial charge >= 0.3 is 6.18 Å². The molecule has 0 aromatic carbocycles. The molecule has 1 amide bonds. The zero-order chi connectivity index (χ0) is 11.5. The number of carbonyl (C=O) groups is 1. The third-order valence-electron chi connectivity index (χ3n) is 2.09. The molecule has 0 spiro atoms. The van der Waals surface area contributed by atoms with Gasteiger partial charge in [-0.05, 0) is 0 Å². The molecule has 1 fully saturated rings. The van der Waals surface area contributed by atoms with Gasteiger partial charge in [-0.3, -0.25) is 9.69 Å². The number of morpholine rings is 1. The van der Waals surface area contributed by atoms with Gasteiger partial charge < -0.3 is 10.1 Å². The van der Waals surface area contributed by atoms with Crippen LogP contribution in [-0.2, 0) is 9.53 Å². The molecule has 7 heteroatoms. The number of alkyl halides is 3. The standard InChI is InChI=1S/C8H13F3N2O2/c1-12-7(14)6-4-13(2-3-15-6)5-8(9,10)11/h6H,2-5H2,1H3,(H,12,14)/t6-/m1/s1. The zero-order valence-electron chi connectivity index (χ0n) is 8.30. The van der Waals surface area contributed by atoms with Crippen molar-refractivity contribution in [3.8, 4) is 0 Å². The summed E-state index contributed by atoms with van der Waals surface area (Å²) in [6.07, 6.45) is -5.03. The van der Waals surface area contributed by atoms with Gasteiger partial charge in [0.05, 0.1) is 13.2 Å². The van der Waals surface area contributed by atoms with Crippen LogP contribution in [0, 0.1) is 0 Å². The maximum Gasteiger partial charge on any atom is 0.401 e. The van der Waals surface area contributed by atoms with E-state index in [0.29, 0.717) is 0 Å². The molecule has 1 rings (SSSR count). The van der Waals surface area contributed by atoms with Crippen LogP contribution in [0.15, 0.2) is 0 Å². The van der Waals surface area contributed by atoms with E-state index in [-0.39, 0.29) is 25.6 Å². The molecule has 0 aromatic rings. The smallest absolute Gasteiger partial charge is 0.366 e. The molecule has 0 bridgehead atoms. The van der Waals surface area contributed by atoms with Gasteiger partial charge in [-0.2, -0.15) is 13.2 Å². The highest BCUT2D eigenvalue weighted by Gasteiger charge is 2.34. The van der Waals surface area contributed by atoms with Crippen LogP contribution in [-0.4, -0.2) is 56.4 Å². The van der Waals surface area contributed by atoms with Crippen molar-refractivity contribution in [2.24, 2.45) is 0 Å². The van der Waals surface area contributed by atoms with Crippen LogP contribution in [0.2, 0.25) is 0 Å². The minimum absolute atomic E-state index is 0.0147. The third-order valence-corrected chi connectivity index (χ3v) is 2.09. The summed E-state index contributed by atoms with van der Waals surface area (Å²) in [5, 5.41) is 2.35. The van der Waals surface area contributed by atoms with E-state index in [1.807, 2.05) is 0 Å². The molecule has 15 heavy (non-hydrogen) atoms. The monoisotopic (exact) mass is 226 g/mol. The number of rotatable bonds is 2. The molecule has 0 aliphatic carbocycles. The number of ether oxygens (including phenoxy) is 1. The quantitative estimate of drug-likeness (QED) is 0.720. The molecule has 0 aromatic heterocycles. The number of hydrogen-bond donors (Lipinski definition) is 1. The summed E-state index contributed by atoms with van der Waals surface area (Å²) < 4.78 is 41.3. The summed E-state index contributed by atoms with van der Waals surface area (Å²) in [4.78, 5) is 12.3. The van der Waals surface area contributed by atoms with E-state index in [1.165, 1.54) is 11.9 Å². The fourth-order valence-electron chi connectivity index (χ4n) is 1.42. The molecule has 0 unspecified atom stereocenters. The molecule has 1 aliphatic rings. The largest absolute Gasteiger partial charge is 0.401 e. The summed E-state index contributed by atoms with van der Waals surface area (Å²) in [7, 11) is 1.42. The Labute approximate surface area is 85.4 Å². The van der Waals surface area contributed by atoms with Crippen molar-refractivity contribution >= 4 is 5.91 Å². The number of likely N-dealkylation sites (N-methyl/N-ethyl adjacent to an activating group) is 1. The first-order valence-corrected chi connectivity index (χ1v) is 4.54. The summed E-state index contributed by atoms with van der Waals surface area (Å²) >= 11 is 0. The molecule has 4 nitrogen and oxygen atoms in total. The summed E-state index contributed by atoms with van der Waals surface area (Å²) in [5.41, 5.74) is 0. The SMILES string of the molecule is CNC(=O)[C@H]1CN(CC(F)(F)F)CCO1. The van der Waals surface area contributed by atoms with Crippen LogP contribution in [0.3, 0.4) is 0 Å². The Morgan fingerprint density at radius 2 is 2.27 bits per heavy atom. The number of nitrogens with zero attached hydrogens (tertiary/aromatic N) is 1.